The molecule has 9 aliphatic rings. The van der Waals surface area contributed by atoms with Crippen LogP contribution >= 0.6 is 0 Å². The van der Waals surface area contributed by atoms with Gasteiger partial charge in [0.25, 0.3) is 0 Å². The maximum atomic E-state index is 14.6. The van der Waals surface area contributed by atoms with Gasteiger partial charge in [-0.2, -0.15) is 0 Å². The minimum Gasteiger partial charge on any atom is -0.388 e. The maximum Gasteiger partial charge on any atom is 0.186 e. The molecule has 60 heavy (non-hydrogen) atoms. The Morgan fingerprint density at radius 3 is 2.10 bits per heavy atom. The molecule has 9 fully saturated rings. The lowest BCUT2D eigenvalue weighted by atomic mass is 9.44. The fourth-order valence-corrected chi connectivity index (χ4v) is 13.7. The average molecular weight is 857 g/mol. The van der Waals surface area contributed by atoms with Gasteiger partial charge in [-0.25, -0.2) is 0 Å². The van der Waals surface area contributed by atoms with Gasteiger partial charge in [-0.1, -0.05) is 27.7 Å². The van der Waals surface area contributed by atoms with Gasteiger partial charge in [-0.05, 0) is 80.0 Å². The lowest BCUT2D eigenvalue weighted by Crippen LogP contribution is -2.64. The molecule has 342 valence electrons. The van der Waals surface area contributed by atoms with Crippen molar-refractivity contribution in [2.75, 3.05) is 26.4 Å². The molecule has 25 atom stereocenters. The van der Waals surface area contributed by atoms with Crippen molar-refractivity contribution >= 4 is 5.78 Å². The summed E-state index contributed by atoms with van der Waals surface area (Å²) in [6.45, 7) is 8.64. The molecule has 4 saturated carbocycles. The quantitative estimate of drug-likeness (QED) is 0.153. The molecule has 0 aromatic carbocycles. The summed E-state index contributed by atoms with van der Waals surface area (Å²) in [7, 11) is 0. The second-order valence-corrected chi connectivity index (χ2v) is 20.5. The zero-order chi connectivity index (χ0) is 42.6. The molecule has 0 radical (unpaired) electrons. The lowest BCUT2D eigenvalue weighted by Gasteiger charge is -2.60. The number of Topliss-reactive ketones (excluding diaryl/α,β-unsaturated/α-hetero) is 1. The minimum atomic E-state index is -1.70. The Labute approximate surface area is 350 Å². The number of carbonyl (C=O) groups excluding carboxylic acids is 1. The molecule has 0 unspecified atom stereocenters. The number of ketones is 1. The van der Waals surface area contributed by atoms with Crippen LogP contribution in [0.5, 0.6) is 0 Å². The number of rotatable bonds is 7. The molecule has 1 spiro atoms. The third-order valence-corrected chi connectivity index (χ3v) is 17.3. The Morgan fingerprint density at radius 1 is 0.717 bits per heavy atom. The van der Waals surface area contributed by atoms with E-state index in [1.54, 1.807) is 0 Å². The fourth-order valence-electron chi connectivity index (χ4n) is 13.7. The van der Waals surface area contributed by atoms with Gasteiger partial charge in [0.15, 0.2) is 24.7 Å². The Kier molecular flexibility index (Phi) is 12.1. The van der Waals surface area contributed by atoms with E-state index in [0.717, 1.165) is 38.5 Å². The van der Waals surface area contributed by atoms with Crippen LogP contribution in [-0.4, -0.2) is 171 Å². The van der Waals surface area contributed by atoms with Gasteiger partial charge in [0.1, 0.15) is 66.8 Å². The van der Waals surface area contributed by atoms with Crippen molar-refractivity contribution in [1.82, 2.24) is 0 Å². The van der Waals surface area contributed by atoms with E-state index < -0.39 is 97.7 Å². The highest BCUT2D eigenvalue weighted by Gasteiger charge is 2.72. The Bertz CT molecular complexity index is 1550. The third kappa shape index (κ3) is 7.17. The number of fused-ring (bicyclic) bond motifs is 7. The van der Waals surface area contributed by atoms with Gasteiger partial charge in [0.05, 0.1) is 38.6 Å². The van der Waals surface area contributed by atoms with Crippen LogP contribution in [0, 0.1) is 52.3 Å². The summed E-state index contributed by atoms with van der Waals surface area (Å²) in [5.41, 5.74) is -0.529. The topological polar surface area (TPSA) is 253 Å². The summed E-state index contributed by atoms with van der Waals surface area (Å²) >= 11 is 0. The molecular weight excluding hydrogens is 788 g/mol. The monoisotopic (exact) mass is 856 g/mol. The number of hydrogen-bond donors (Lipinski definition) is 8. The van der Waals surface area contributed by atoms with E-state index in [9.17, 15) is 45.6 Å². The molecule has 0 aromatic heterocycles. The molecule has 0 amide bonds. The van der Waals surface area contributed by atoms with E-state index in [4.69, 9.17) is 37.9 Å². The molecule has 5 heterocycles. The smallest absolute Gasteiger partial charge is 0.186 e. The molecule has 17 nitrogen and oxygen atoms in total. The van der Waals surface area contributed by atoms with Crippen LogP contribution in [0.15, 0.2) is 0 Å². The summed E-state index contributed by atoms with van der Waals surface area (Å²) in [6, 6.07) is 0. The van der Waals surface area contributed by atoms with E-state index in [0.29, 0.717) is 43.5 Å². The average Bonchev–Trinajstić information content (AvgIpc) is 3.67. The SMILES string of the molecule is C[C@@H]1CC[C@@]2(OC1)O[C@H]1C[C@H]3[C@@H]4CC[C@H]5C[C@@H](O[C@@H]6O[C@H](CO[C@@H]7OC[C@H](O)[C@H](O)[C@H]7O)[C@@H](O[C@@H]7OC[C@@H](O)[C@H](O)[C@H]7O)[C@H](O)[C@H]6O)CC[C@]5(C)[C@H]4CC(=O)[C@]3(C)[C@@H]1[C@@H]2C. The van der Waals surface area contributed by atoms with Gasteiger partial charge in [-0.3, -0.25) is 4.79 Å². The number of aliphatic hydroxyl groups excluding tert-OH is 8. The van der Waals surface area contributed by atoms with Gasteiger partial charge in [0, 0.05) is 30.1 Å². The van der Waals surface area contributed by atoms with Crippen molar-refractivity contribution in [2.45, 2.75) is 183 Å². The first-order valence-corrected chi connectivity index (χ1v) is 22.6. The Balaban J connectivity index is 0.867. The highest BCUT2D eigenvalue weighted by atomic mass is 16.8. The molecule has 0 bridgehead atoms. The van der Waals surface area contributed by atoms with E-state index in [-0.39, 0.29) is 60.4 Å². The van der Waals surface area contributed by atoms with Gasteiger partial charge < -0.3 is 78.7 Å². The zero-order valence-electron chi connectivity index (χ0n) is 35.1. The number of hydrogen-bond acceptors (Lipinski definition) is 17. The Morgan fingerprint density at radius 2 is 1.40 bits per heavy atom. The van der Waals surface area contributed by atoms with Crippen LogP contribution in [0.25, 0.3) is 0 Å². The van der Waals surface area contributed by atoms with Crippen molar-refractivity contribution in [2.24, 2.45) is 52.3 Å². The summed E-state index contributed by atoms with van der Waals surface area (Å²) < 4.78 is 48.6. The molecule has 9 rings (SSSR count). The van der Waals surface area contributed by atoms with Crippen LogP contribution in [-0.2, 0) is 42.7 Å². The third-order valence-electron chi connectivity index (χ3n) is 17.3. The van der Waals surface area contributed by atoms with Crippen LogP contribution < -0.4 is 0 Å². The predicted octanol–water partition coefficient (Wildman–Crippen LogP) is -0.276. The molecule has 5 saturated heterocycles. The number of ether oxygens (including phenoxy) is 8. The summed E-state index contributed by atoms with van der Waals surface area (Å²) in [5.74, 6) is 1.77. The first-order valence-electron chi connectivity index (χ1n) is 22.6. The maximum absolute atomic E-state index is 14.6. The van der Waals surface area contributed by atoms with Crippen LogP contribution in [0.1, 0.15) is 85.5 Å². The molecular formula is C43H68O17. The van der Waals surface area contributed by atoms with E-state index >= 15 is 0 Å². The van der Waals surface area contributed by atoms with Gasteiger partial charge in [-0.15, -0.1) is 0 Å². The summed E-state index contributed by atoms with van der Waals surface area (Å²) in [4.78, 5) is 14.6. The minimum absolute atomic E-state index is 0.0248. The second kappa shape index (κ2) is 16.5. The highest BCUT2D eigenvalue weighted by molar-refractivity contribution is 5.87. The van der Waals surface area contributed by atoms with Crippen LogP contribution in [0.4, 0.5) is 0 Å². The molecule has 8 N–H and O–H groups in total. The molecule has 5 aliphatic heterocycles. The predicted molar refractivity (Wildman–Crippen MR) is 204 cm³/mol. The molecule has 0 aromatic rings. The van der Waals surface area contributed by atoms with Crippen LogP contribution in [0.3, 0.4) is 0 Å². The van der Waals surface area contributed by atoms with Crippen molar-refractivity contribution in [3.8, 4) is 0 Å². The molecule has 17 heteroatoms. The standard InChI is InChI=1S/C43H68O17/c1-18-7-10-43(56-14-18)19(2)30-27(60-43)12-24-22-6-5-20-11-21(8-9-41(20,3)23(22)13-29(46)42(24,30)4)57-40-36(52)33(49)37(59-39-35(51)32(48)26(45)16-54-39)28(58-40)17-55-38-34(50)31(47)25(44)15-53-38/h18-28,30-40,44-45,47-52H,5-17H2,1-4H3/t18-,19+,20+,21+,22-,23+,24+,25+,26-,27+,28-,30-,31+,32+,33-,34-,35-,36-,37-,38+,39+,40-,41+,42-,43-/m1/s1. The van der Waals surface area contributed by atoms with Gasteiger partial charge in [0.2, 0.25) is 0 Å². The van der Waals surface area contributed by atoms with E-state index in [1.807, 2.05) is 0 Å². The van der Waals surface area contributed by atoms with Gasteiger partial charge >= 0.3 is 0 Å². The number of carbonyl (C=O) groups is 1. The lowest BCUT2D eigenvalue weighted by molar-refractivity contribution is -0.362. The van der Waals surface area contributed by atoms with E-state index in [2.05, 4.69) is 27.7 Å². The summed E-state index contributed by atoms with van der Waals surface area (Å²) in [5, 5.41) is 84.3. The highest BCUT2D eigenvalue weighted by Crippen LogP contribution is 2.70. The Hall–Kier alpha value is -0.970. The van der Waals surface area contributed by atoms with Crippen molar-refractivity contribution in [3.63, 3.8) is 0 Å². The van der Waals surface area contributed by atoms with Crippen LogP contribution in [0.2, 0.25) is 0 Å². The normalized spacial score (nSPS) is 58.0. The molecule has 4 aliphatic carbocycles. The van der Waals surface area contributed by atoms with Crippen molar-refractivity contribution in [1.29, 1.82) is 0 Å². The zero-order valence-corrected chi connectivity index (χ0v) is 35.1. The largest absolute Gasteiger partial charge is 0.388 e. The summed E-state index contributed by atoms with van der Waals surface area (Å²) in [6.07, 6.45) is -12.2. The fraction of sp³-hybridized carbons (Fsp3) is 0.977. The van der Waals surface area contributed by atoms with Crippen molar-refractivity contribution in [3.05, 3.63) is 0 Å². The first-order chi connectivity index (χ1) is 28.5. The first kappa shape index (κ1) is 44.2. The van der Waals surface area contributed by atoms with E-state index in [1.165, 1.54) is 0 Å². The second-order valence-electron chi connectivity index (χ2n) is 20.5. The number of aliphatic hydroxyl groups is 8. The van der Waals surface area contributed by atoms with Crippen molar-refractivity contribution < 1.29 is 83.5 Å².